The summed E-state index contributed by atoms with van der Waals surface area (Å²) in [6, 6.07) is 0. The van der Waals surface area contributed by atoms with Gasteiger partial charge in [-0.1, -0.05) is 0 Å². The van der Waals surface area contributed by atoms with E-state index in [1.54, 1.807) is 0 Å². The zero-order chi connectivity index (χ0) is 10.6. The van der Waals surface area contributed by atoms with Crippen LogP contribution in [0.25, 0.3) is 0 Å². The molecular weight excluding hydrogens is 197 g/mol. The molecule has 1 rings (SSSR count). The Morgan fingerprint density at radius 3 is 2.29 bits per heavy atom. The molecule has 0 radical (unpaired) electrons. The highest BCUT2D eigenvalue weighted by Crippen LogP contribution is 2.26. The second-order valence-electron chi connectivity index (χ2n) is 2.84. The molecule has 0 heterocycles. The maximum absolute atomic E-state index is 12.4. The molecule has 0 aromatic carbocycles. The van der Waals surface area contributed by atoms with Crippen molar-refractivity contribution in [3.8, 4) is 0 Å². The van der Waals surface area contributed by atoms with Crippen LogP contribution >= 0.6 is 0 Å². The molecule has 0 spiro atoms. The van der Waals surface area contributed by atoms with E-state index < -0.39 is 12.8 Å². The summed E-state index contributed by atoms with van der Waals surface area (Å²) >= 11 is 0. The summed E-state index contributed by atoms with van der Waals surface area (Å²) in [7, 11) is 1.50. The molecule has 0 bridgehead atoms. The van der Waals surface area contributed by atoms with Crippen LogP contribution in [-0.2, 0) is 9.47 Å². The number of halogens is 3. The third-order valence-electron chi connectivity index (χ3n) is 1.77. The van der Waals surface area contributed by atoms with Crippen molar-refractivity contribution >= 4 is 0 Å². The first-order chi connectivity index (χ1) is 6.57. The van der Waals surface area contributed by atoms with Crippen molar-refractivity contribution in [1.82, 2.24) is 0 Å². The van der Waals surface area contributed by atoms with Crippen LogP contribution in [0.1, 0.15) is 12.8 Å². The number of hydrogen-bond donors (Lipinski definition) is 0. The van der Waals surface area contributed by atoms with Crippen LogP contribution in [0, 0.1) is 0 Å². The van der Waals surface area contributed by atoms with Gasteiger partial charge in [-0.3, -0.25) is 0 Å². The van der Waals surface area contributed by atoms with E-state index in [1.165, 1.54) is 19.3 Å². The lowest BCUT2D eigenvalue weighted by Gasteiger charge is -2.19. The predicted octanol–water partition coefficient (Wildman–Crippen LogP) is 2.77. The first kappa shape index (κ1) is 10.9. The minimum absolute atomic E-state index is 0.0773. The van der Waals surface area contributed by atoms with E-state index >= 15 is 0 Å². The van der Waals surface area contributed by atoms with Crippen molar-refractivity contribution < 1.29 is 22.6 Å². The van der Waals surface area contributed by atoms with Crippen LogP contribution in [0.2, 0.25) is 0 Å². The van der Waals surface area contributed by atoms with Crippen molar-refractivity contribution in [2.24, 2.45) is 0 Å². The number of ether oxygens (including phenoxy) is 2. The molecule has 0 amide bonds. The summed E-state index contributed by atoms with van der Waals surface area (Å²) in [5, 5.41) is 0. The number of methoxy groups -OCH3 is 1. The lowest BCUT2D eigenvalue weighted by Crippen LogP contribution is -2.23. The maximum atomic E-state index is 12.4. The molecule has 0 saturated heterocycles. The van der Waals surface area contributed by atoms with Crippen molar-refractivity contribution in [3.63, 3.8) is 0 Å². The lowest BCUT2D eigenvalue weighted by molar-refractivity contribution is -0.224. The van der Waals surface area contributed by atoms with E-state index in [2.05, 4.69) is 4.74 Å². The number of hydrogen-bond acceptors (Lipinski definition) is 2. The van der Waals surface area contributed by atoms with Crippen LogP contribution < -0.4 is 0 Å². The fraction of sp³-hybridized carbons (Fsp3) is 0.556. The van der Waals surface area contributed by atoms with Crippen molar-refractivity contribution in [3.05, 3.63) is 23.7 Å². The summed E-state index contributed by atoms with van der Waals surface area (Å²) in [6.45, 7) is -1.81. The smallest absolute Gasteiger partial charge is 0.426 e. The number of allylic oxidation sites excluding steroid dienone is 4. The van der Waals surface area contributed by atoms with E-state index in [1.807, 2.05) is 0 Å². The van der Waals surface area contributed by atoms with Crippen LogP contribution in [0.3, 0.4) is 0 Å². The number of rotatable bonds is 4. The minimum Gasteiger partial charge on any atom is -0.501 e. The Balaban J connectivity index is 2.56. The molecular formula is C9H11F3O2. The van der Waals surface area contributed by atoms with Crippen molar-refractivity contribution in [2.45, 2.75) is 19.0 Å². The van der Waals surface area contributed by atoms with Gasteiger partial charge in [-0.05, 0) is 12.2 Å². The molecule has 80 valence electrons. The minimum atomic E-state index is -3.72. The molecule has 0 aliphatic heterocycles. The Bertz CT molecular complexity index is 259. The van der Waals surface area contributed by atoms with Gasteiger partial charge in [0, 0.05) is 12.8 Å². The van der Waals surface area contributed by atoms with E-state index in [0.29, 0.717) is 18.6 Å². The fourth-order valence-corrected chi connectivity index (χ4v) is 1.07. The Kier molecular flexibility index (Phi) is 3.43. The zero-order valence-electron chi connectivity index (χ0n) is 7.73. The summed E-state index contributed by atoms with van der Waals surface area (Å²) < 4.78 is 45.6. The molecule has 0 aromatic rings. The van der Waals surface area contributed by atoms with E-state index in [4.69, 9.17) is 4.74 Å². The first-order valence-corrected chi connectivity index (χ1v) is 4.14. The Hall–Kier alpha value is -1.13. The van der Waals surface area contributed by atoms with Crippen LogP contribution in [-0.4, -0.2) is 19.9 Å². The maximum Gasteiger partial charge on any atom is 0.426 e. The SMILES string of the molecule is COC1=CC=C(OC(F)(F)CF)CC1. The zero-order valence-corrected chi connectivity index (χ0v) is 7.73. The second kappa shape index (κ2) is 4.39. The fourth-order valence-electron chi connectivity index (χ4n) is 1.07. The molecule has 2 nitrogen and oxygen atoms in total. The van der Waals surface area contributed by atoms with Gasteiger partial charge in [-0.2, -0.15) is 8.78 Å². The van der Waals surface area contributed by atoms with Gasteiger partial charge in [0.1, 0.15) is 5.76 Å². The van der Waals surface area contributed by atoms with E-state index in [-0.39, 0.29) is 5.76 Å². The normalized spacial score (nSPS) is 17.1. The highest BCUT2D eigenvalue weighted by Gasteiger charge is 2.32. The molecule has 0 N–H and O–H groups in total. The summed E-state index contributed by atoms with van der Waals surface area (Å²) in [4.78, 5) is 0. The van der Waals surface area contributed by atoms with Gasteiger partial charge >= 0.3 is 6.11 Å². The molecule has 0 atom stereocenters. The monoisotopic (exact) mass is 208 g/mol. The number of alkyl halides is 3. The summed E-state index contributed by atoms with van der Waals surface area (Å²) in [5.41, 5.74) is 0. The van der Waals surface area contributed by atoms with Gasteiger partial charge in [0.25, 0.3) is 0 Å². The lowest BCUT2D eigenvalue weighted by atomic mass is 10.1. The third-order valence-corrected chi connectivity index (χ3v) is 1.77. The average Bonchev–Trinajstić information content (AvgIpc) is 2.19. The van der Waals surface area contributed by atoms with Gasteiger partial charge in [0.05, 0.1) is 12.9 Å². The van der Waals surface area contributed by atoms with Gasteiger partial charge in [-0.15, -0.1) is 0 Å². The highest BCUT2D eigenvalue weighted by molar-refractivity contribution is 5.17. The molecule has 5 heteroatoms. The molecule has 1 aliphatic rings. The Labute approximate surface area is 80.0 Å². The molecule has 0 unspecified atom stereocenters. The molecule has 14 heavy (non-hydrogen) atoms. The molecule has 0 saturated carbocycles. The second-order valence-corrected chi connectivity index (χ2v) is 2.84. The highest BCUT2D eigenvalue weighted by atomic mass is 19.3. The molecule has 0 fully saturated rings. The summed E-state index contributed by atoms with van der Waals surface area (Å²) in [6.07, 6.45) is -0.0245. The van der Waals surface area contributed by atoms with Gasteiger partial charge < -0.3 is 9.47 Å². The van der Waals surface area contributed by atoms with E-state index in [9.17, 15) is 13.2 Å². The predicted molar refractivity (Wildman–Crippen MR) is 44.4 cm³/mol. The quantitative estimate of drug-likeness (QED) is 0.707. The Morgan fingerprint density at radius 1 is 1.29 bits per heavy atom. The van der Waals surface area contributed by atoms with Crippen LogP contribution in [0.15, 0.2) is 23.7 Å². The topological polar surface area (TPSA) is 18.5 Å². The molecule has 1 aliphatic carbocycles. The van der Waals surface area contributed by atoms with Crippen molar-refractivity contribution in [1.29, 1.82) is 0 Å². The van der Waals surface area contributed by atoms with Crippen LogP contribution in [0.4, 0.5) is 13.2 Å². The molecule has 0 aromatic heterocycles. The van der Waals surface area contributed by atoms with E-state index in [0.717, 1.165) is 0 Å². The largest absolute Gasteiger partial charge is 0.501 e. The standard InChI is InChI=1S/C9H11F3O2/c1-13-7-2-4-8(5-3-7)14-9(11,12)6-10/h2,4H,3,5-6H2,1H3. The van der Waals surface area contributed by atoms with Gasteiger partial charge in [-0.25, -0.2) is 4.39 Å². The van der Waals surface area contributed by atoms with Gasteiger partial charge in [0.2, 0.25) is 0 Å². The average molecular weight is 208 g/mol. The summed E-state index contributed by atoms with van der Waals surface area (Å²) in [5.74, 6) is 0.773. The van der Waals surface area contributed by atoms with Gasteiger partial charge in [0.15, 0.2) is 6.67 Å². The van der Waals surface area contributed by atoms with Crippen molar-refractivity contribution in [2.75, 3.05) is 13.8 Å². The third kappa shape index (κ3) is 2.97. The van der Waals surface area contributed by atoms with Crippen LogP contribution in [0.5, 0.6) is 0 Å². The Morgan fingerprint density at radius 2 is 1.86 bits per heavy atom. The first-order valence-electron chi connectivity index (χ1n) is 4.14.